The molecule has 0 bridgehead atoms. The van der Waals surface area contributed by atoms with E-state index < -0.39 is 0 Å². The topological polar surface area (TPSA) is 12.0 Å². The van der Waals surface area contributed by atoms with E-state index in [0.29, 0.717) is 10.4 Å². The van der Waals surface area contributed by atoms with Crippen molar-refractivity contribution in [1.29, 1.82) is 0 Å². The van der Waals surface area contributed by atoms with Crippen molar-refractivity contribution in [2.24, 2.45) is 5.92 Å². The molecule has 2 aromatic carbocycles. The zero-order chi connectivity index (χ0) is 15.4. The number of rotatable bonds is 5. The average Bonchev–Trinajstić information content (AvgIpc) is 2.45. The van der Waals surface area contributed by atoms with E-state index in [2.05, 4.69) is 59.4 Å². The van der Waals surface area contributed by atoms with Crippen molar-refractivity contribution in [2.45, 2.75) is 26.3 Å². The van der Waals surface area contributed by atoms with Crippen LogP contribution in [0, 0.1) is 11.7 Å². The van der Waals surface area contributed by atoms with Gasteiger partial charge in [-0.1, -0.05) is 44.2 Å². The summed E-state index contributed by atoms with van der Waals surface area (Å²) in [5.74, 6) is 0.417. The van der Waals surface area contributed by atoms with E-state index in [1.165, 1.54) is 5.56 Å². The highest BCUT2D eigenvalue weighted by atomic mass is 79.9. The maximum atomic E-state index is 13.7. The van der Waals surface area contributed by atoms with Gasteiger partial charge >= 0.3 is 0 Å². The Morgan fingerprint density at radius 2 is 1.67 bits per heavy atom. The number of hydrogen-bond acceptors (Lipinski definition) is 1. The lowest BCUT2D eigenvalue weighted by Gasteiger charge is -2.18. The normalized spacial score (nSPS) is 12.7. The number of nitrogens with one attached hydrogen (secondary N) is 1. The Labute approximate surface area is 134 Å². The average molecular weight is 350 g/mol. The first-order valence-corrected chi connectivity index (χ1v) is 8.01. The van der Waals surface area contributed by atoms with Gasteiger partial charge in [0, 0.05) is 0 Å². The molecule has 0 amide bonds. The first kappa shape index (κ1) is 16.2. The summed E-state index contributed by atoms with van der Waals surface area (Å²) in [6, 6.07) is 13.8. The summed E-state index contributed by atoms with van der Waals surface area (Å²) in [6.45, 7) is 4.43. The molecule has 0 aromatic heterocycles. The summed E-state index contributed by atoms with van der Waals surface area (Å²) < 4.78 is 14.2. The third kappa shape index (κ3) is 4.14. The predicted molar refractivity (Wildman–Crippen MR) is 90.0 cm³/mol. The first-order chi connectivity index (χ1) is 10.0. The van der Waals surface area contributed by atoms with E-state index in [-0.39, 0.29) is 11.9 Å². The van der Waals surface area contributed by atoms with E-state index >= 15 is 0 Å². The minimum absolute atomic E-state index is 0.000648. The molecule has 112 valence electrons. The zero-order valence-corrected chi connectivity index (χ0v) is 14.2. The number of halogens is 2. The second-order valence-electron chi connectivity index (χ2n) is 5.73. The Balaban J connectivity index is 2.26. The SMILES string of the molecule is CNC(c1ccc(CC(C)C)cc1)c1ccc(Br)c(F)c1. The molecule has 3 heteroatoms. The fourth-order valence-electron chi connectivity index (χ4n) is 2.54. The van der Waals surface area contributed by atoms with Gasteiger partial charge in [-0.05, 0) is 64.1 Å². The molecule has 2 rings (SSSR count). The summed E-state index contributed by atoms with van der Waals surface area (Å²) in [6.07, 6.45) is 1.08. The van der Waals surface area contributed by atoms with Gasteiger partial charge in [0.1, 0.15) is 5.82 Å². The lowest BCUT2D eigenvalue weighted by molar-refractivity contribution is 0.610. The highest BCUT2D eigenvalue weighted by molar-refractivity contribution is 9.10. The minimum Gasteiger partial charge on any atom is -0.309 e. The van der Waals surface area contributed by atoms with Crippen LogP contribution in [0.3, 0.4) is 0 Å². The van der Waals surface area contributed by atoms with Crippen LogP contribution in [-0.2, 0) is 6.42 Å². The molecule has 0 saturated heterocycles. The lowest BCUT2D eigenvalue weighted by atomic mass is 9.96. The van der Waals surface area contributed by atoms with Crippen molar-refractivity contribution < 1.29 is 4.39 Å². The molecule has 0 aliphatic carbocycles. The molecule has 0 saturated carbocycles. The van der Waals surface area contributed by atoms with Gasteiger partial charge in [0.05, 0.1) is 10.5 Å². The molecule has 1 N–H and O–H groups in total. The maximum Gasteiger partial charge on any atom is 0.137 e. The molecule has 0 spiro atoms. The van der Waals surface area contributed by atoms with Crippen LogP contribution in [0.4, 0.5) is 4.39 Å². The fraction of sp³-hybridized carbons (Fsp3) is 0.333. The van der Waals surface area contributed by atoms with Crippen LogP contribution in [-0.4, -0.2) is 7.05 Å². The molecule has 2 aromatic rings. The summed E-state index contributed by atoms with van der Waals surface area (Å²) >= 11 is 3.19. The smallest absolute Gasteiger partial charge is 0.137 e. The van der Waals surface area contributed by atoms with Crippen molar-refractivity contribution in [3.63, 3.8) is 0 Å². The Morgan fingerprint density at radius 1 is 1.05 bits per heavy atom. The monoisotopic (exact) mass is 349 g/mol. The molecule has 0 heterocycles. The van der Waals surface area contributed by atoms with E-state index in [1.807, 2.05) is 13.1 Å². The van der Waals surface area contributed by atoms with Crippen molar-refractivity contribution in [1.82, 2.24) is 5.32 Å². The van der Waals surface area contributed by atoms with E-state index in [0.717, 1.165) is 17.5 Å². The van der Waals surface area contributed by atoms with Crippen LogP contribution in [0.15, 0.2) is 46.9 Å². The van der Waals surface area contributed by atoms with Crippen molar-refractivity contribution >= 4 is 15.9 Å². The second-order valence-corrected chi connectivity index (χ2v) is 6.59. The Bertz CT molecular complexity index is 593. The van der Waals surface area contributed by atoms with Gasteiger partial charge in [-0.25, -0.2) is 4.39 Å². The zero-order valence-electron chi connectivity index (χ0n) is 12.7. The molecule has 21 heavy (non-hydrogen) atoms. The Hall–Kier alpha value is -1.19. The molecular weight excluding hydrogens is 329 g/mol. The first-order valence-electron chi connectivity index (χ1n) is 7.22. The van der Waals surface area contributed by atoms with Gasteiger partial charge in [0.15, 0.2) is 0 Å². The van der Waals surface area contributed by atoms with Gasteiger partial charge in [-0.15, -0.1) is 0 Å². The van der Waals surface area contributed by atoms with Crippen LogP contribution >= 0.6 is 15.9 Å². The van der Waals surface area contributed by atoms with Gasteiger partial charge in [0.25, 0.3) is 0 Å². The lowest BCUT2D eigenvalue weighted by Crippen LogP contribution is -2.17. The van der Waals surface area contributed by atoms with Crippen LogP contribution in [0.2, 0.25) is 0 Å². The fourth-order valence-corrected chi connectivity index (χ4v) is 2.78. The molecule has 0 aliphatic heterocycles. The summed E-state index contributed by atoms with van der Waals surface area (Å²) in [5, 5.41) is 3.26. The second kappa shape index (κ2) is 7.19. The highest BCUT2D eigenvalue weighted by Crippen LogP contribution is 2.26. The quantitative estimate of drug-likeness (QED) is 0.792. The third-order valence-electron chi connectivity index (χ3n) is 3.52. The van der Waals surface area contributed by atoms with Crippen molar-refractivity contribution in [3.05, 3.63) is 69.4 Å². The standard InChI is InChI=1S/C18H21BrFN/c1-12(2)10-13-4-6-14(7-5-13)18(21-3)15-8-9-16(19)17(20)11-15/h4-9,11-12,18,21H,10H2,1-3H3. The number of hydrogen-bond donors (Lipinski definition) is 1. The molecule has 1 nitrogen and oxygen atoms in total. The predicted octanol–water partition coefficient (Wildman–Crippen LogP) is 5.10. The van der Waals surface area contributed by atoms with E-state index in [9.17, 15) is 4.39 Å². The van der Waals surface area contributed by atoms with Crippen LogP contribution < -0.4 is 5.32 Å². The molecule has 0 radical (unpaired) electrons. The van der Waals surface area contributed by atoms with E-state index in [4.69, 9.17) is 0 Å². The summed E-state index contributed by atoms with van der Waals surface area (Å²) in [4.78, 5) is 0. The van der Waals surface area contributed by atoms with Gasteiger partial charge in [-0.2, -0.15) is 0 Å². The molecular formula is C18H21BrFN. The highest BCUT2D eigenvalue weighted by Gasteiger charge is 2.13. The van der Waals surface area contributed by atoms with Crippen LogP contribution in [0.1, 0.15) is 36.6 Å². The largest absolute Gasteiger partial charge is 0.309 e. The summed E-state index contributed by atoms with van der Waals surface area (Å²) in [5.41, 5.74) is 3.41. The van der Waals surface area contributed by atoms with Crippen molar-refractivity contribution in [2.75, 3.05) is 7.05 Å². The minimum atomic E-state index is -0.232. The van der Waals surface area contributed by atoms with Crippen LogP contribution in [0.25, 0.3) is 0 Å². The number of benzene rings is 2. The van der Waals surface area contributed by atoms with Gasteiger partial charge < -0.3 is 5.32 Å². The third-order valence-corrected chi connectivity index (χ3v) is 4.17. The Morgan fingerprint density at radius 3 is 2.19 bits per heavy atom. The maximum absolute atomic E-state index is 13.7. The summed E-state index contributed by atoms with van der Waals surface area (Å²) in [7, 11) is 1.90. The molecule has 0 fully saturated rings. The van der Waals surface area contributed by atoms with Crippen LogP contribution in [0.5, 0.6) is 0 Å². The van der Waals surface area contributed by atoms with Gasteiger partial charge in [0.2, 0.25) is 0 Å². The molecule has 1 atom stereocenters. The Kier molecular flexibility index (Phi) is 5.54. The van der Waals surface area contributed by atoms with E-state index in [1.54, 1.807) is 12.1 Å². The molecule has 0 aliphatic rings. The van der Waals surface area contributed by atoms with Gasteiger partial charge in [-0.3, -0.25) is 0 Å². The van der Waals surface area contributed by atoms with Crippen molar-refractivity contribution in [3.8, 4) is 0 Å². The molecule has 1 unspecified atom stereocenters.